The van der Waals surface area contributed by atoms with Gasteiger partial charge in [0.05, 0.1) is 19.1 Å². The first-order valence-electron chi connectivity index (χ1n) is 14.0. The molecule has 0 spiro atoms. The van der Waals surface area contributed by atoms with Gasteiger partial charge < -0.3 is 25.2 Å². The van der Waals surface area contributed by atoms with Gasteiger partial charge in [-0.3, -0.25) is 9.59 Å². The van der Waals surface area contributed by atoms with Crippen LogP contribution in [0.15, 0.2) is 78.9 Å². The number of hydrogen-bond donors (Lipinski definition) is 3. The standard InChI is InChI=1S/C33H38N2O6/c1-21(2)24(17-30(36)37)18-34-32(38)31(22(3)40-19-23-11-5-4-6-12-23)35-33(39)41-20-29-27-15-9-7-13-25(27)26-14-8-10-16-28(26)29/h4-16,21-22,24,29,31H,17-20H2,1-3H3,(H,34,38)(H,35,39)(H,36,37)/t22-,24?,31+/m0/s1. The molecule has 0 fully saturated rings. The number of ether oxygens (including phenoxy) is 2. The molecule has 0 radical (unpaired) electrons. The molecule has 0 bridgehead atoms. The van der Waals surface area contributed by atoms with Crippen molar-refractivity contribution < 1.29 is 29.0 Å². The highest BCUT2D eigenvalue weighted by Gasteiger charge is 2.32. The molecule has 41 heavy (non-hydrogen) atoms. The molecule has 8 nitrogen and oxygen atoms in total. The summed E-state index contributed by atoms with van der Waals surface area (Å²) in [5.74, 6) is -1.71. The normalized spacial score (nSPS) is 14.4. The quantitative estimate of drug-likeness (QED) is 0.260. The SMILES string of the molecule is CC(C)C(CNC(=O)[C@H](NC(=O)OCC1c2ccccc2-c2ccccc21)[C@H](C)OCc1ccccc1)CC(=O)O. The van der Waals surface area contributed by atoms with Crippen LogP contribution in [0.25, 0.3) is 11.1 Å². The summed E-state index contributed by atoms with van der Waals surface area (Å²) in [6, 6.07) is 24.6. The molecule has 3 N–H and O–H groups in total. The predicted molar refractivity (Wildman–Crippen MR) is 156 cm³/mol. The van der Waals surface area contributed by atoms with Crippen molar-refractivity contribution in [2.75, 3.05) is 13.2 Å². The van der Waals surface area contributed by atoms with Crippen molar-refractivity contribution in [1.29, 1.82) is 0 Å². The summed E-state index contributed by atoms with van der Waals surface area (Å²) >= 11 is 0. The van der Waals surface area contributed by atoms with Crippen LogP contribution in [0.5, 0.6) is 0 Å². The zero-order valence-electron chi connectivity index (χ0n) is 23.7. The average molecular weight is 559 g/mol. The van der Waals surface area contributed by atoms with E-state index in [0.717, 1.165) is 27.8 Å². The lowest BCUT2D eigenvalue weighted by atomic mass is 9.92. The molecule has 3 aromatic carbocycles. The maximum Gasteiger partial charge on any atom is 0.407 e. The molecule has 8 heteroatoms. The lowest BCUT2D eigenvalue weighted by molar-refractivity contribution is -0.139. The van der Waals surface area contributed by atoms with E-state index in [9.17, 15) is 19.5 Å². The van der Waals surface area contributed by atoms with Crippen LogP contribution in [0.1, 0.15) is 49.8 Å². The van der Waals surface area contributed by atoms with Gasteiger partial charge in [-0.05, 0) is 46.6 Å². The van der Waals surface area contributed by atoms with E-state index in [0.29, 0.717) is 0 Å². The zero-order valence-corrected chi connectivity index (χ0v) is 23.7. The Morgan fingerprint density at radius 2 is 1.44 bits per heavy atom. The number of carbonyl (C=O) groups excluding carboxylic acids is 2. The number of benzene rings is 3. The first-order chi connectivity index (χ1) is 19.7. The van der Waals surface area contributed by atoms with Gasteiger partial charge >= 0.3 is 12.1 Å². The molecule has 4 rings (SSSR count). The maximum absolute atomic E-state index is 13.3. The fourth-order valence-corrected chi connectivity index (χ4v) is 5.17. The lowest BCUT2D eigenvalue weighted by Crippen LogP contribution is -2.54. The van der Waals surface area contributed by atoms with E-state index in [2.05, 4.69) is 22.8 Å². The molecule has 2 amide bonds. The van der Waals surface area contributed by atoms with Crippen molar-refractivity contribution in [1.82, 2.24) is 10.6 Å². The number of carbonyl (C=O) groups is 3. The van der Waals surface area contributed by atoms with E-state index >= 15 is 0 Å². The van der Waals surface area contributed by atoms with Crippen molar-refractivity contribution >= 4 is 18.0 Å². The van der Waals surface area contributed by atoms with Crippen LogP contribution < -0.4 is 10.6 Å². The Balaban J connectivity index is 1.43. The van der Waals surface area contributed by atoms with E-state index in [1.807, 2.05) is 80.6 Å². The summed E-state index contributed by atoms with van der Waals surface area (Å²) in [6.45, 7) is 6.08. The van der Waals surface area contributed by atoms with Gasteiger partial charge in [0.1, 0.15) is 12.6 Å². The Kier molecular flexibility index (Phi) is 10.1. The highest BCUT2D eigenvalue weighted by Crippen LogP contribution is 2.44. The van der Waals surface area contributed by atoms with Crippen LogP contribution in [0.3, 0.4) is 0 Å². The van der Waals surface area contributed by atoms with Gasteiger partial charge in [0, 0.05) is 12.5 Å². The van der Waals surface area contributed by atoms with E-state index < -0.39 is 30.1 Å². The number of alkyl carbamates (subject to hydrolysis) is 1. The number of aliphatic carboxylic acids is 1. The van der Waals surface area contributed by atoms with Crippen molar-refractivity contribution in [2.45, 2.75) is 51.9 Å². The maximum atomic E-state index is 13.3. The van der Waals surface area contributed by atoms with Gasteiger partial charge in [-0.15, -0.1) is 0 Å². The van der Waals surface area contributed by atoms with Gasteiger partial charge in [-0.25, -0.2) is 4.79 Å². The third-order valence-electron chi connectivity index (χ3n) is 7.64. The van der Waals surface area contributed by atoms with Crippen LogP contribution in [-0.2, 0) is 25.7 Å². The highest BCUT2D eigenvalue weighted by molar-refractivity contribution is 5.86. The molecule has 1 aliphatic rings. The minimum Gasteiger partial charge on any atom is -0.481 e. The second-order valence-electron chi connectivity index (χ2n) is 10.8. The Labute approximate surface area is 241 Å². The van der Waals surface area contributed by atoms with Crippen LogP contribution in [0.2, 0.25) is 0 Å². The Hall–Kier alpha value is -4.17. The molecule has 216 valence electrons. The number of rotatable bonds is 13. The summed E-state index contributed by atoms with van der Waals surface area (Å²) in [5, 5.41) is 14.8. The van der Waals surface area contributed by atoms with E-state index in [1.54, 1.807) is 6.92 Å². The zero-order chi connectivity index (χ0) is 29.4. The molecule has 0 saturated heterocycles. The van der Waals surface area contributed by atoms with Gasteiger partial charge in [-0.2, -0.15) is 0 Å². The van der Waals surface area contributed by atoms with Crippen molar-refractivity contribution in [3.05, 3.63) is 95.6 Å². The number of carboxylic acid groups (broad SMARTS) is 1. The van der Waals surface area contributed by atoms with Gasteiger partial charge in [-0.1, -0.05) is 92.7 Å². The molecule has 1 unspecified atom stereocenters. The molecule has 1 aliphatic carbocycles. The minimum atomic E-state index is -1.05. The average Bonchev–Trinajstić information content (AvgIpc) is 3.29. The smallest absolute Gasteiger partial charge is 0.407 e. The Morgan fingerprint density at radius 3 is 2.02 bits per heavy atom. The Morgan fingerprint density at radius 1 is 0.854 bits per heavy atom. The molecule has 0 heterocycles. The fraction of sp³-hybridized carbons (Fsp3) is 0.364. The number of fused-ring (bicyclic) bond motifs is 3. The molecular weight excluding hydrogens is 520 g/mol. The first-order valence-corrected chi connectivity index (χ1v) is 14.0. The fourth-order valence-electron chi connectivity index (χ4n) is 5.17. The predicted octanol–water partition coefficient (Wildman–Crippen LogP) is 5.36. The van der Waals surface area contributed by atoms with E-state index in [4.69, 9.17) is 9.47 Å². The van der Waals surface area contributed by atoms with Crippen molar-refractivity contribution in [3.63, 3.8) is 0 Å². The monoisotopic (exact) mass is 558 g/mol. The summed E-state index contributed by atoms with van der Waals surface area (Å²) in [7, 11) is 0. The van der Waals surface area contributed by atoms with Gasteiger partial charge in [0.2, 0.25) is 5.91 Å². The minimum absolute atomic E-state index is 0.0479. The van der Waals surface area contributed by atoms with Gasteiger partial charge in [0.25, 0.3) is 0 Å². The molecule has 3 atom stereocenters. The van der Waals surface area contributed by atoms with Gasteiger partial charge in [0.15, 0.2) is 0 Å². The molecule has 3 aromatic rings. The van der Waals surface area contributed by atoms with E-state index in [1.165, 1.54) is 0 Å². The van der Waals surface area contributed by atoms with Crippen LogP contribution in [-0.4, -0.2) is 48.4 Å². The molecule has 0 aromatic heterocycles. The van der Waals surface area contributed by atoms with Crippen molar-refractivity contribution in [2.24, 2.45) is 11.8 Å². The summed E-state index contributed by atoms with van der Waals surface area (Å²) < 4.78 is 11.7. The van der Waals surface area contributed by atoms with Crippen LogP contribution >= 0.6 is 0 Å². The summed E-state index contributed by atoms with van der Waals surface area (Å²) in [6.07, 6.45) is -1.48. The van der Waals surface area contributed by atoms with Crippen LogP contribution in [0, 0.1) is 11.8 Å². The first kappa shape index (κ1) is 29.8. The summed E-state index contributed by atoms with van der Waals surface area (Å²) in [4.78, 5) is 37.7. The largest absolute Gasteiger partial charge is 0.481 e. The number of amides is 2. The Bertz CT molecular complexity index is 1300. The molecule has 0 aliphatic heterocycles. The third-order valence-corrected chi connectivity index (χ3v) is 7.64. The molecular formula is C33H38N2O6. The lowest BCUT2D eigenvalue weighted by Gasteiger charge is -2.26. The summed E-state index contributed by atoms with van der Waals surface area (Å²) in [5.41, 5.74) is 5.36. The number of hydrogen-bond acceptors (Lipinski definition) is 5. The number of carboxylic acids is 1. The van der Waals surface area contributed by atoms with E-state index in [-0.39, 0.29) is 43.9 Å². The highest BCUT2D eigenvalue weighted by atomic mass is 16.5. The van der Waals surface area contributed by atoms with Crippen molar-refractivity contribution in [3.8, 4) is 11.1 Å². The number of nitrogens with one attached hydrogen (secondary N) is 2. The molecule has 0 saturated carbocycles. The second-order valence-corrected chi connectivity index (χ2v) is 10.8. The third kappa shape index (κ3) is 7.73. The topological polar surface area (TPSA) is 114 Å². The van der Waals surface area contributed by atoms with Crippen LogP contribution in [0.4, 0.5) is 4.79 Å². The second kappa shape index (κ2) is 13.9.